The molecule has 2 fully saturated rings. The quantitative estimate of drug-likeness (QED) is 0.788. The fourth-order valence-corrected chi connectivity index (χ4v) is 2.80. The first-order valence-corrected chi connectivity index (χ1v) is 6.75. The molecule has 16 heavy (non-hydrogen) atoms. The van der Waals surface area contributed by atoms with Crippen molar-refractivity contribution < 1.29 is 4.74 Å². The minimum atomic E-state index is 0.270. The lowest BCUT2D eigenvalue weighted by Gasteiger charge is -2.41. The number of hydrogen-bond donors (Lipinski definition) is 1. The van der Waals surface area contributed by atoms with Gasteiger partial charge in [-0.1, -0.05) is 12.8 Å². The molecule has 1 heterocycles. The zero-order chi connectivity index (χ0) is 11.4. The van der Waals surface area contributed by atoms with Crippen LogP contribution in [0.25, 0.3) is 0 Å². The molecule has 0 aromatic heterocycles. The van der Waals surface area contributed by atoms with E-state index in [1.54, 1.807) is 0 Å². The lowest BCUT2D eigenvalue weighted by atomic mass is 10.0. The van der Waals surface area contributed by atoms with E-state index >= 15 is 0 Å². The summed E-state index contributed by atoms with van der Waals surface area (Å²) >= 11 is 0. The van der Waals surface area contributed by atoms with Crippen molar-refractivity contribution in [2.45, 2.75) is 51.1 Å². The lowest BCUT2D eigenvalue weighted by molar-refractivity contribution is -0.0103. The molecular weight excluding hydrogens is 200 g/mol. The molecule has 0 radical (unpaired) electrons. The Morgan fingerprint density at radius 2 is 1.81 bits per heavy atom. The zero-order valence-electron chi connectivity index (χ0n) is 10.8. The maximum absolute atomic E-state index is 5.41. The smallest absolute Gasteiger partial charge is 0.0594 e. The van der Waals surface area contributed by atoms with Crippen molar-refractivity contribution in [3.63, 3.8) is 0 Å². The van der Waals surface area contributed by atoms with Crippen LogP contribution >= 0.6 is 0 Å². The van der Waals surface area contributed by atoms with Gasteiger partial charge in [0.15, 0.2) is 0 Å². The lowest BCUT2D eigenvalue weighted by Crippen LogP contribution is -2.55. The molecule has 2 aliphatic rings. The van der Waals surface area contributed by atoms with Gasteiger partial charge in [0.05, 0.1) is 13.2 Å². The molecule has 0 atom stereocenters. The molecule has 0 amide bonds. The van der Waals surface area contributed by atoms with E-state index in [1.165, 1.54) is 25.7 Å². The second kappa shape index (κ2) is 5.48. The average Bonchev–Trinajstić information content (AvgIpc) is 2.81. The van der Waals surface area contributed by atoms with Crippen LogP contribution in [0, 0.1) is 0 Å². The molecule has 1 aliphatic heterocycles. The number of nitrogens with zero attached hydrogens (tertiary/aromatic N) is 1. The molecule has 3 heteroatoms. The van der Waals surface area contributed by atoms with Crippen LogP contribution in [0.15, 0.2) is 0 Å². The molecule has 0 unspecified atom stereocenters. The highest BCUT2D eigenvalue weighted by Gasteiger charge is 2.29. The summed E-state index contributed by atoms with van der Waals surface area (Å²) in [6, 6.07) is 0.778. The summed E-state index contributed by atoms with van der Waals surface area (Å²) in [6.07, 6.45) is 5.57. The van der Waals surface area contributed by atoms with Crippen LogP contribution in [-0.2, 0) is 4.74 Å². The van der Waals surface area contributed by atoms with Gasteiger partial charge >= 0.3 is 0 Å². The molecule has 0 bridgehead atoms. The molecule has 2 rings (SSSR count). The summed E-state index contributed by atoms with van der Waals surface area (Å²) in [5.41, 5.74) is 0.270. The Hall–Kier alpha value is -0.120. The van der Waals surface area contributed by atoms with Gasteiger partial charge in [0.25, 0.3) is 0 Å². The van der Waals surface area contributed by atoms with Crippen LogP contribution in [0.3, 0.4) is 0 Å². The molecule has 3 nitrogen and oxygen atoms in total. The van der Waals surface area contributed by atoms with E-state index < -0.39 is 0 Å². The number of morpholine rings is 1. The summed E-state index contributed by atoms with van der Waals surface area (Å²) in [5.74, 6) is 0. The van der Waals surface area contributed by atoms with Crippen LogP contribution in [-0.4, -0.2) is 49.3 Å². The van der Waals surface area contributed by atoms with Crippen LogP contribution < -0.4 is 5.32 Å². The SMILES string of the molecule is CC(C)(CNC1CCCC1)N1CCOCC1. The third kappa shape index (κ3) is 3.19. The first-order chi connectivity index (χ1) is 7.68. The third-order valence-electron chi connectivity index (χ3n) is 4.05. The summed E-state index contributed by atoms with van der Waals surface area (Å²) < 4.78 is 5.41. The van der Waals surface area contributed by atoms with Gasteiger partial charge in [0.1, 0.15) is 0 Å². The Kier molecular flexibility index (Phi) is 4.22. The van der Waals surface area contributed by atoms with Crippen molar-refractivity contribution in [1.82, 2.24) is 10.2 Å². The molecule has 0 aromatic carbocycles. The first-order valence-electron chi connectivity index (χ1n) is 6.75. The van der Waals surface area contributed by atoms with Gasteiger partial charge in [-0.2, -0.15) is 0 Å². The molecular formula is C13H26N2O. The highest BCUT2D eigenvalue weighted by Crippen LogP contribution is 2.20. The topological polar surface area (TPSA) is 24.5 Å². The highest BCUT2D eigenvalue weighted by molar-refractivity contribution is 4.87. The minimum absolute atomic E-state index is 0.270. The van der Waals surface area contributed by atoms with E-state index in [0.717, 1.165) is 38.9 Å². The Labute approximate surface area is 99.5 Å². The van der Waals surface area contributed by atoms with Crippen molar-refractivity contribution >= 4 is 0 Å². The fraction of sp³-hybridized carbons (Fsp3) is 1.00. The predicted octanol–water partition coefficient (Wildman–Crippen LogP) is 1.63. The van der Waals surface area contributed by atoms with E-state index in [-0.39, 0.29) is 5.54 Å². The van der Waals surface area contributed by atoms with Crippen molar-refractivity contribution in [3.05, 3.63) is 0 Å². The van der Waals surface area contributed by atoms with Crippen LogP contribution in [0.4, 0.5) is 0 Å². The Morgan fingerprint density at radius 1 is 1.19 bits per heavy atom. The van der Waals surface area contributed by atoms with Gasteiger partial charge in [-0.25, -0.2) is 0 Å². The summed E-state index contributed by atoms with van der Waals surface area (Å²) in [5, 5.41) is 3.74. The first kappa shape index (κ1) is 12.3. The van der Waals surface area contributed by atoms with Crippen molar-refractivity contribution in [3.8, 4) is 0 Å². The van der Waals surface area contributed by atoms with Gasteiger partial charge in [0, 0.05) is 31.2 Å². The van der Waals surface area contributed by atoms with Crippen molar-refractivity contribution in [2.24, 2.45) is 0 Å². The predicted molar refractivity (Wildman–Crippen MR) is 66.7 cm³/mol. The average molecular weight is 226 g/mol. The maximum atomic E-state index is 5.41. The van der Waals surface area contributed by atoms with E-state index in [1.807, 2.05) is 0 Å². The number of rotatable bonds is 4. The van der Waals surface area contributed by atoms with E-state index in [2.05, 4.69) is 24.1 Å². The molecule has 94 valence electrons. The number of hydrogen-bond acceptors (Lipinski definition) is 3. The second-order valence-electron chi connectivity index (χ2n) is 5.77. The molecule has 1 N–H and O–H groups in total. The van der Waals surface area contributed by atoms with Crippen molar-refractivity contribution in [1.29, 1.82) is 0 Å². The van der Waals surface area contributed by atoms with Gasteiger partial charge in [0.2, 0.25) is 0 Å². The number of ether oxygens (including phenoxy) is 1. The molecule has 1 aliphatic carbocycles. The largest absolute Gasteiger partial charge is 0.379 e. The van der Waals surface area contributed by atoms with Crippen molar-refractivity contribution in [2.75, 3.05) is 32.8 Å². The zero-order valence-corrected chi connectivity index (χ0v) is 10.8. The van der Waals surface area contributed by atoms with Crippen LogP contribution in [0.5, 0.6) is 0 Å². The monoisotopic (exact) mass is 226 g/mol. The normalized spacial score (nSPS) is 25.1. The summed E-state index contributed by atoms with van der Waals surface area (Å²) in [6.45, 7) is 9.76. The maximum Gasteiger partial charge on any atom is 0.0594 e. The second-order valence-corrected chi connectivity index (χ2v) is 5.77. The van der Waals surface area contributed by atoms with Gasteiger partial charge < -0.3 is 10.1 Å². The molecule has 1 saturated heterocycles. The molecule has 1 saturated carbocycles. The van der Waals surface area contributed by atoms with Gasteiger partial charge in [-0.15, -0.1) is 0 Å². The highest BCUT2D eigenvalue weighted by atomic mass is 16.5. The van der Waals surface area contributed by atoms with E-state index in [0.29, 0.717) is 0 Å². The standard InChI is InChI=1S/C13H26N2O/c1-13(2,15-7-9-16-10-8-15)11-14-12-5-3-4-6-12/h12,14H,3-11H2,1-2H3. The van der Waals surface area contributed by atoms with E-state index in [4.69, 9.17) is 4.74 Å². The Bertz CT molecular complexity index is 206. The fourth-order valence-electron chi connectivity index (χ4n) is 2.80. The van der Waals surface area contributed by atoms with Gasteiger partial charge in [-0.3, -0.25) is 4.90 Å². The summed E-state index contributed by atoms with van der Waals surface area (Å²) in [7, 11) is 0. The Morgan fingerprint density at radius 3 is 2.44 bits per heavy atom. The van der Waals surface area contributed by atoms with Crippen LogP contribution in [0.1, 0.15) is 39.5 Å². The minimum Gasteiger partial charge on any atom is -0.379 e. The summed E-state index contributed by atoms with van der Waals surface area (Å²) in [4.78, 5) is 2.55. The van der Waals surface area contributed by atoms with Crippen LogP contribution in [0.2, 0.25) is 0 Å². The number of nitrogens with one attached hydrogen (secondary N) is 1. The van der Waals surface area contributed by atoms with E-state index in [9.17, 15) is 0 Å². The third-order valence-corrected chi connectivity index (χ3v) is 4.05. The van der Waals surface area contributed by atoms with Gasteiger partial charge in [-0.05, 0) is 26.7 Å². The molecule has 0 spiro atoms. The molecule has 0 aromatic rings. The Balaban J connectivity index is 1.76.